The van der Waals surface area contributed by atoms with Gasteiger partial charge in [0.05, 0.1) is 99.1 Å². The van der Waals surface area contributed by atoms with E-state index in [2.05, 4.69) is 31.2 Å². The summed E-state index contributed by atoms with van der Waals surface area (Å²) in [5.41, 5.74) is 4.82. The summed E-state index contributed by atoms with van der Waals surface area (Å²) >= 11 is 0. The van der Waals surface area contributed by atoms with Gasteiger partial charge in [0.2, 0.25) is 0 Å². The fourth-order valence-electron chi connectivity index (χ4n) is 7.39. The molecule has 0 saturated carbocycles. The van der Waals surface area contributed by atoms with E-state index in [0.717, 1.165) is 13.0 Å². The Morgan fingerprint density at radius 3 is 1.11 bits per heavy atom. The number of benzene rings is 2. The second kappa shape index (κ2) is 37.9. The van der Waals surface area contributed by atoms with Crippen LogP contribution in [0.5, 0.6) is 0 Å². The predicted molar refractivity (Wildman–Crippen MR) is 244 cm³/mol. The van der Waals surface area contributed by atoms with Gasteiger partial charge in [0, 0.05) is 26.1 Å². The van der Waals surface area contributed by atoms with Crippen molar-refractivity contribution in [2.24, 2.45) is 0 Å². The lowest BCUT2D eigenvalue weighted by Gasteiger charge is -2.19. The van der Waals surface area contributed by atoms with Gasteiger partial charge in [-0.15, -0.1) is 0 Å². The van der Waals surface area contributed by atoms with E-state index in [1.165, 1.54) is 119 Å². The van der Waals surface area contributed by atoms with Crippen molar-refractivity contribution in [1.29, 1.82) is 0 Å². The number of likely N-dealkylation sites (N-methyl/N-ethyl adjacent to an activating group) is 1. The molecule has 3 rings (SSSR count). The van der Waals surface area contributed by atoms with E-state index in [0.29, 0.717) is 112 Å². The third-order valence-corrected chi connectivity index (χ3v) is 11.0. The van der Waals surface area contributed by atoms with Gasteiger partial charge in [-0.05, 0) is 28.7 Å². The fourth-order valence-corrected chi connectivity index (χ4v) is 7.39. The van der Waals surface area contributed by atoms with Crippen LogP contribution >= 0.6 is 0 Å². The van der Waals surface area contributed by atoms with Crippen molar-refractivity contribution in [3.63, 3.8) is 0 Å². The number of unbranched alkanes of at least 4 members (excludes halogenated alkanes) is 15. The number of hydrogen-bond donors (Lipinski definition) is 0. The third-order valence-electron chi connectivity index (χ3n) is 11.0. The van der Waals surface area contributed by atoms with Gasteiger partial charge in [-0.25, -0.2) is 4.79 Å². The van der Waals surface area contributed by atoms with Crippen molar-refractivity contribution in [3.8, 4) is 11.1 Å². The zero-order chi connectivity index (χ0) is 43.1. The molecule has 1 amide bonds. The van der Waals surface area contributed by atoms with E-state index in [4.69, 9.17) is 42.6 Å². The number of rotatable bonds is 43. The first-order valence-corrected chi connectivity index (χ1v) is 23.9. The van der Waals surface area contributed by atoms with E-state index in [1.54, 1.807) is 11.9 Å². The van der Waals surface area contributed by atoms with Gasteiger partial charge in [0.1, 0.15) is 6.61 Å². The minimum absolute atomic E-state index is 0.0434. The molecule has 11 heteroatoms. The Balaban J connectivity index is 0.935. The molecule has 0 unspecified atom stereocenters. The van der Waals surface area contributed by atoms with Crippen LogP contribution in [0.3, 0.4) is 0 Å². The molecule has 348 valence electrons. The highest BCUT2D eigenvalue weighted by atomic mass is 16.6. The summed E-state index contributed by atoms with van der Waals surface area (Å²) in [6.07, 6.45) is 21.8. The van der Waals surface area contributed by atoms with Gasteiger partial charge < -0.3 is 47.5 Å². The number of carbonyl (C=O) groups excluding carboxylic acids is 1. The van der Waals surface area contributed by atoms with E-state index in [9.17, 15) is 4.79 Å². The van der Waals surface area contributed by atoms with Crippen LogP contribution in [0.15, 0.2) is 48.5 Å². The molecule has 11 nitrogen and oxygen atoms in total. The highest BCUT2D eigenvalue weighted by Gasteiger charge is 2.29. The lowest BCUT2D eigenvalue weighted by Crippen LogP contribution is -2.32. The van der Waals surface area contributed by atoms with Gasteiger partial charge in [-0.3, -0.25) is 0 Å². The molecule has 0 radical (unpaired) electrons. The third kappa shape index (κ3) is 25.9. The Hall–Kier alpha value is -2.61. The maximum atomic E-state index is 12.6. The number of fused-ring (bicyclic) bond motifs is 3. The fraction of sp³-hybridized carbons (Fsp3) is 0.740. The Morgan fingerprint density at radius 2 is 0.738 bits per heavy atom. The predicted octanol–water partition coefficient (Wildman–Crippen LogP) is 10.3. The normalized spacial score (nSPS) is 12.2. The average Bonchev–Trinajstić information content (AvgIpc) is 3.60. The molecule has 61 heavy (non-hydrogen) atoms. The van der Waals surface area contributed by atoms with Crippen molar-refractivity contribution in [1.82, 2.24) is 4.90 Å². The summed E-state index contributed by atoms with van der Waals surface area (Å²) in [6.45, 7) is 11.6. The van der Waals surface area contributed by atoms with Crippen LogP contribution in [0.25, 0.3) is 11.1 Å². The lowest BCUT2D eigenvalue weighted by molar-refractivity contribution is -0.0234. The molecule has 0 aliphatic heterocycles. The highest BCUT2D eigenvalue weighted by molar-refractivity contribution is 5.79. The quantitative estimate of drug-likeness (QED) is 0.0599. The van der Waals surface area contributed by atoms with Crippen LogP contribution in [0.2, 0.25) is 0 Å². The van der Waals surface area contributed by atoms with Crippen LogP contribution in [-0.2, 0) is 42.6 Å². The minimum atomic E-state index is -0.357. The van der Waals surface area contributed by atoms with Gasteiger partial charge >= 0.3 is 6.09 Å². The summed E-state index contributed by atoms with van der Waals surface area (Å²) < 4.78 is 50.4. The summed E-state index contributed by atoms with van der Waals surface area (Å²) in [5, 5.41) is 0. The Labute approximate surface area is 369 Å². The molecule has 0 N–H and O–H groups in total. The molecule has 0 atom stereocenters. The molecule has 1 aliphatic carbocycles. The average molecular weight is 858 g/mol. The van der Waals surface area contributed by atoms with Crippen molar-refractivity contribution in [2.45, 2.75) is 116 Å². The SMILES string of the molecule is CCCCCCCCCCCCCCCCCCOCCOCCOCCOCCOCCOCCOCCOCCN(C)C(=O)OCC1c2ccccc2-c2ccccc21. The molecular weight excluding hydrogens is 775 g/mol. The molecule has 0 fully saturated rings. The van der Waals surface area contributed by atoms with E-state index in [1.807, 2.05) is 24.3 Å². The maximum Gasteiger partial charge on any atom is 0.409 e. The summed E-state index contributed by atoms with van der Waals surface area (Å²) in [5.74, 6) is 0.0434. The Kier molecular flexibility index (Phi) is 32.8. The zero-order valence-electron chi connectivity index (χ0n) is 38.3. The second-order valence-corrected chi connectivity index (χ2v) is 15.9. The first-order valence-electron chi connectivity index (χ1n) is 23.9. The molecule has 0 saturated heterocycles. The van der Waals surface area contributed by atoms with Gasteiger partial charge in [0.25, 0.3) is 0 Å². The molecule has 2 aromatic carbocycles. The van der Waals surface area contributed by atoms with Crippen LogP contribution in [0.1, 0.15) is 127 Å². The molecule has 0 spiro atoms. The van der Waals surface area contributed by atoms with Crippen molar-refractivity contribution < 1.29 is 47.4 Å². The zero-order valence-corrected chi connectivity index (χ0v) is 38.3. The standard InChI is InChI=1S/C50H83NO10/c1-3-4-5-6-7-8-9-10-11-12-13-14-15-16-17-22-28-53-30-32-55-34-36-57-38-40-59-42-43-60-41-39-58-37-35-56-33-31-54-29-27-51(2)50(52)61-44-49-47-25-20-18-23-45(47)46-24-19-21-26-48(46)49/h18-21,23-26,49H,3-17,22,27-44H2,1-2H3. The Morgan fingerprint density at radius 1 is 0.426 bits per heavy atom. The number of hydrogen-bond acceptors (Lipinski definition) is 10. The molecule has 0 heterocycles. The lowest BCUT2D eigenvalue weighted by atomic mass is 9.98. The summed E-state index contributed by atoms with van der Waals surface area (Å²) in [4.78, 5) is 14.2. The van der Waals surface area contributed by atoms with E-state index < -0.39 is 0 Å². The number of carbonyl (C=O) groups is 1. The van der Waals surface area contributed by atoms with Gasteiger partial charge in [-0.2, -0.15) is 0 Å². The maximum absolute atomic E-state index is 12.6. The molecular formula is C50H83NO10. The number of amides is 1. The molecule has 0 aromatic heterocycles. The highest BCUT2D eigenvalue weighted by Crippen LogP contribution is 2.44. The van der Waals surface area contributed by atoms with E-state index in [-0.39, 0.29) is 12.0 Å². The van der Waals surface area contributed by atoms with Crippen LogP contribution < -0.4 is 0 Å². The summed E-state index contributed by atoms with van der Waals surface area (Å²) in [6, 6.07) is 16.6. The van der Waals surface area contributed by atoms with Crippen LogP contribution in [0.4, 0.5) is 4.79 Å². The van der Waals surface area contributed by atoms with Crippen LogP contribution in [-0.4, -0.2) is 137 Å². The van der Waals surface area contributed by atoms with Crippen molar-refractivity contribution in [3.05, 3.63) is 59.7 Å². The van der Waals surface area contributed by atoms with Crippen LogP contribution in [0, 0.1) is 0 Å². The van der Waals surface area contributed by atoms with Crippen molar-refractivity contribution in [2.75, 3.05) is 126 Å². The smallest absolute Gasteiger partial charge is 0.409 e. The first-order chi connectivity index (χ1) is 30.2. The molecule has 2 aromatic rings. The second-order valence-electron chi connectivity index (χ2n) is 15.9. The van der Waals surface area contributed by atoms with E-state index >= 15 is 0 Å². The van der Waals surface area contributed by atoms with Gasteiger partial charge in [-0.1, -0.05) is 152 Å². The molecule has 0 bridgehead atoms. The topological polar surface area (TPSA) is 103 Å². The number of nitrogens with zero attached hydrogens (tertiary/aromatic N) is 1. The summed E-state index contributed by atoms with van der Waals surface area (Å²) in [7, 11) is 1.72. The minimum Gasteiger partial charge on any atom is -0.448 e. The van der Waals surface area contributed by atoms with Crippen molar-refractivity contribution >= 4 is 6.09 Å². The number of ether oxygens (including phenoxy) is 9. The molecule has 1 aliphatic rings. The van der Waals surface area contributed by atoms with Gasteiger partial charge in [0.15, 0.2) is 0 Å². The Bertz CT molecular complexity index is 1270. The largest absolute Gasteiger partial charge is 0.448 e. The monoisotopic (exact) mass is 858 g/mol. The first kappa shape index (κ1) is 52.7.